The summed E-state index contributed by atoms with van der Waals surface area (Å²) in [5.74, 6) is 0.355. The quantitative estimate of drug-likeness (QED) is 0.592. The Hall–Kier alpha value is -0.610. The maximum atomic E-state index is 11.3. The van der Waals surface area contributed by atoms with Crippen LogP contribution in [-0.4, -0.2) is 51.3 Å². The average molecular weight is 231 g/mol. The van der Waals surface area contributed by atoms with Crippen LogP contribution in [0.2, 0.25) is 0 Å². The van der Waals surface area contributed by atoms with Gasteiger partial charge < -0.3 is 9.47 Å². The minimum Gasteiger partial charge on any atom is -0.469 e. The van der Waals surface area contributed by atoms with Crippen molar-refractivity contribution in [1.29, 1.82) is 0 Å². The molecule has 0 saturated heterocycles. The zero-order chi connectivity index (χ0) is 12.6. The molecule has 1 unspecified atom stereocenters. The molecule has 4 nitrogen and oxygen atoms in total. The van der Waals surface area contributed by atoms with Crippen LogP contribution in [0.4, 0.5) is 0 Å². The van der Waals surface area contributed by atoms with Gasteiger partial charge >= 0.3 is 5.97 Å². The van der Waals surface area contributed by atoms with Gasteiger partial charge in [0.25, 0.3) is 0 Å². The van der Waals surface area contributed by atoms with Crippen LogP contribution in [0, 0.1) is 11.8 Å². The topological polar surface area (TPSA) is 38.8 Å². The van der Waals surface area contributed by atoms with Gasteiger partial charge in [-0.25, -0.2) is 0 Å². The van der Waals surface area contributed by atoms with E-state index in [9.17, 15) is 4.79 Å². The Kier molecular flexibility index (Phi) is 8.21. The first-order chi connectivity index (χ1) is 7.51. The maximum absolute atomic E-state index is 11.3. The van der Waals surface area contributed by atoms with Gasteiger partial charge in [0.05, 0.1) is 19.6 Å². The number of nitrogens with zero attached hydrogens (tertiary/aromatic N) is 1. The fourth-order valence-electron chi connectivity index (χ4n) is 1.66. The lowest BCUT2D eigenvalue weighted by Crippen LogP contribution is -2.37. The second kappa shape index (κ2) is 8.53. The highest BCUT2D eigenvalue weighted by Crippen LogP contribution is 2.05. The zero-order valence-corrected chi connectivity index (χ0v) is 11.2. The summed E-state index contributed by atoms with van der Waals surface area (Å²) in [5, 5.41) is 0. The van der Waals surface area contributed by atoms with Gasteiger partial charge in [-0.1, -0.05) is 20.8 Å². The van der Waals surface area contributed by atoms with E-state index >= 15 is 0 Å². The minimum atomic E-state index is -0.147. The molecule has 0 aliphatic rings. The maximum Gasteiger partial charge on any atom is 0.309 e. The standard InChI is InChI=1S/C12H25NO3/c1-10(2)8-13(6-7-15-4)9-11(3)12(14)16-5/h10-11H,6-9H2,1-5H3. The highest BCUT2D eigenvalue weighted by Gasteiger charge is 2.17. The summed E-state index contributed by atoms with van der Waals surface area (Å²) < 4.78 is 9.79. The third-order valence-electron chi connectivity index (χ3n) is 2.37. The van der Waals surface area contributed by atoms with Gasteiger partial charge in [0.1, 0.15) is 0 Å². The Labute approximate surface area is 98.9 Å². The number of hydrogen-bond acceptors (Lipinski definition) is 4. The van der Waals surface area contributed by atoms with Crippen molar-refractivity contribution in [2.75, 3.05) is 40.5 Å². The van der Waals surface area contributed by atoms with Crippen LogP contribution in [0.5, 0.6) is 0 Å². The molecule has 0 N–H and O–H groups in total. The van der Waals surface area contributed by atoms with Crippen molar-refractivity contribution in [2.45, 2.75) is 20.8 Å². The molecule has 0 radical (unpaired) electrons. The van der Waals surface area contributed by atoms with Crippen LogP contribution in [0.15, 0.2) is 0 Å². The van der Waals surface area contributed by atoms with Gasteiger partial charge in [0.2, 0.25) is 0 Å². The first kappa shape index (κ1) is 15.4. The fourth-order valence-corrected chi connectivity index (χ4v) is 1.66. The van der Waals surface area contributed by atoms with Crippen LogP contribution in [0.25, 0.3) is 0 Å². The van der Waals surface area contributed by atoms with Crippen LogP contribution >= 0.6 is 0 Å². The second-order valence-electron chi connectivity index (χ2n) is 4.57. The van der Waals surface area contributed by atoms with E-state index in [-0.39, 0.29) is 11.9 Å². The number of methoxy groups -OCH3 is 2. The van der Waals surface area contributed by atoms with Gasteiger partial charge in [0, 0.05) is 26.7 Å². The molecule has 0 spiro atoms. The average Bonchev–Trinajstić information content (AvgIpc) is 2.23. The largest absolute Gasteiger partial charge is 0.469 e. The summed E-state index contributed by atoms with van der Waals surface area (Å²) in [6.45, 7) is 9.49. The third-order valence-corrected chi connectivity index (χ3v) is 2.37. The second-order valence-corrected chi connectivity index (χ2v) is 4.57. The van der Waals surface area contributed by atoms with Crippen LogP contribution < -0.4 is 0 Å². The Morgan fingerprint density at radius 1 is 1.19 bits per heavy atom. The predicted octanol–water partition coefficient (Wildman–Crippen LogP) is 1.40. The Morgan fingerprint density at radius 3 is 2.25 bits per heavy atom. The number of carbonyl (C=O) groups is 1. The smallest absolute Gasteiger partial charge is 0.309 e. The molecule has 16 heavy (non-hydrogen) atoms. The molecule has 96 valence electrons. The number of carbonyl (C=O) groups excluding carboxylic acids is 1. The van der Waals surface area contributed by atoms with Gasteiger partial charge in [-0.2, -0.15) is 0 Å². The number of ether oxygens (including phenoxy) is 2. The molecule has 0 heterocycles. The lowest BCUT2D eigenvalue weighted by Gasteiger charge is -2.26. The van der Waals surface area contributed by atoms with Gasteiger partial charge in [-0.05, 0) is 5.92 Å². The number of rotatable bonds is 8. The van der Waals surface area contributed by atoms with E-state index in [4.69, 9.17) is 9.47 Å². The van der Waals surface area contributed by atoms with Gasteiger partial charge in [0.15, 0.2) is 0 Å². The van der Waals surface area contributed by atoms with Crippen molar-refractivity contribution in [2.24, 2.45) is 11.8 Å². The Bertz CT molecular complexity index is 195. The van der Waals surface area contributed by atoms with Crippen LogP contribution in [-0.2, 0) is 14.3 Å². The van der Waals surface area contributed by atoms with Gasteiger partial charge in [-0.15, -0.1) is 0 Å². The molecule has 0 aromatic heterocycles. The number of esters is 1. The van der Waals surface area contributed by atoms with Crippen molar-refractivity contribution < 1.29 is 14.3 Å². The minimum absolute atomic E-state index is 0.0828. The number of hydrogen-bond donors (Lipinski definition) is 0. The molecule has 0 aliphatic heterocycles. The molecule has 4 heteroatoms. The summed E-state index contributed by atoms with van der Waals surface area (Å²) in [4.78, 5) is 13.6. The molecule has 0 saturated carbocycles. The van der Waals surface area contributed by atoms with Crippen LogP contribution in [0.1, 0.15) is 20.8 Å². The zero-order valence-electron chi connectivity index (χ0n) is 11.2. The van der Waals surface area contributed by atoms with E-state index in [1.54, 1.807) is 7.11 Å². The Balaban J connectivity index is 4.12. The molecule has 0 aliphatic carbocycles. The summed E-state index contributed by atoms with van der Waals surface area (Å²) >= 11 is 0. The van der Waals surface area contributed by atoms with Crippen molar-refractivity contribution in [1.82, 2.24) is 4.90 Å². The van der Waals surface area contributed by atoms with Crippen molar-refractivity contribution >= 4 is 5.97 Å². The normalized spacial score (nSPS) is 13.2. The fraction of sp³-hybridized carbons (Fsp3) is 0.917. The molecule has 0 amide bonds. The molecular weight excluding hydrogens is 206 g/mol. The molecule has 0 aromatic carbocycles. The molecule has 0 aromatic rings. The molecule has 0 fully saturated rings. The van der Waals surface area contributed by atoms with Crippen molar-refractivity contribution in [3.05, 3.63) is 0 Å². The SMILES string of the molecule is COCCN(CC(C)C)CC(C)C(=O)OC. The third kappa shape index (κ3) is 6.80. The summed E-state index contributed by atoms with van der Waals surface area (Å²) in [5.41, 5.74) is 0. The molecule has 0 rings (SSSR count). The van der Waals surface area contributed by atoms with E-state index in [2.05, 4.69) is 18.7 Å². The first-order valence-electron chi connectivity index (χ1n) is 5.80. The molecular formula is C12H25NO3. The summed E-state index contributed by atoms with van der Waals surface area (Å²) in [6, 6.07) is 0. The van der Waals surface area contributed by atoms with Crippen molar-refractivity contribution in [3.63, 3.8) is 0 Å². The van der Waals surface area contributed by atoms with Gasteiger partial charge in [-0.3, -0.25) is 9.69 Å². The lowest BCUT2D eigenvalue weighted by molar-refractivity contribution is -0.145. The Morgan fingerprint density at radius 2 is 1.81 bits per heavy atom. The van der Waals surface area contributed by atoms with E-state index in [0.29, 0.717) is 12.5 Å². The van der Waals surface area contributed by atoms with E-state index in [1.165, 1.54) is 7.11 Å². The molecule has 0 bridgehead atoms. The van der Waals surface area contributed by atoms with E-state index in [1.807, 2.05) is 6.92 Å². The molecule has 1 atom stereocenters. The summed E-state index contributed by atoms with van der Waals surface area (Å²) in [7, 11) is 3.12. The summed E-state index contributed by atoms with van der Waals surface area (Å²) in [6.07, 6.45) is 0. The van der Waals surface area contributed by atoms with Crippen molar-refractivity contribution in [3.8, 4) is 0 Å². The monoisotopic (exact) mass is 231 g/mol. The first-order valence-corrected chi connectivity index (χ1v) is 5.80. The highest BCUT2D eigenvalue weighted by atomic mass is 16.5. The lowest BCUT2D eigenvalue weighted by atomic mass is 10.1. The predicted molar refractivity (Wildman–Crippen MR) is 64.3 cm³/mol. The highest BCUT2D eigenvalue weighted by molar-refractivity contribution is 5.72. The van der Waals surface area contributed by atoms with Crippen LogP contribution in [0.3, 0.4) is 0 Å². The van der Waals surface area contributed by atoms with E-state index in [0.717, 1.165) is 19.6 Å². The van der Waals surface area contributed by atoms with E-state index < -0.39 is 0 Å².